The Kier molecular flexibility index (Phi) is 18.0. The van der Waals surface area contributed by atoms with Crippen LogP contribution in [0.2, 0.25) is 0 Å². The molecule has 0 saturated carbocycles. The number of carbonyl (C=O) groups excluding carboxylic acids is 4. The van der Waals surface area contributed by atoms with Gasteiger partial charge in [-0.15, -0.1) is 0 Å². The first-order valence-electron chi connectivity index (χ1n) is 5.44. The molecule has 0 saturated heterocycles. The van der Waals surface area contributed by atoms with Gasteiger partial charge in [0.05, 0.1) is 23.9 Å². The van der Waals surface area contributed by atoms with Gasteiger partial charge in [0.15, 0.2) is 0 Å². The summed E-state index contributed by atoms with van der Waals surface area (Å²) in [5.41, 5.74) is 0. The molecule has 0 aliphatic carbocycles. The zero-order valence-electron chi connectivity index (χ0n) is 11.7. The molecule has 0 rings (SSSR count). The van der Waals surface area contributed by atoms with Crippen molar-refractivity contribution in [2.24, 2.45) is 0 Å². The zero-order chi connectivity index (χ0) is 15.7. The number of hydrogen-bond acceptors (Lipinski definition) is 10. The van der Waals surface area contributed by atoms with Crippen LogP contribution in [0, 0.1) is 0 Å². The van der Waals surface area contributed by atoms with E-state index in [1.807, 2.05) is 0 Å². The molecule has 0 aliphatic rings. The molecule has 0 aromatic heterocycles. The Morgan fingerprint density at radius 1 is 0.591 bits per heavy atom. The summed E-state index contributed by atoms with van der Waals surface area (Å²) >= 11 is 0. The molecule has 0 fully saturated rings. The predicted octanol–water partition coefficient (Wildman–Crippen LogP) is -10.4. The maximum atomic E-state index is 10.4. The minimum absolute atomic E-state index is 0. The Balaban J connectivity index is -0.00000180. The van der Waals surface area contributed by atoms with E-state index in [2.05, 4.69) is 0 Å². The van der Waals surface area contributed by atoms with E-state index in [9.17, 15) is 39.6 Å². The van der Waals surface area contributed by atoms with Crippen molar-refractivity contribution in [1.82, 2.24) is 9.80 Å². The van der Waals surface area contributed by atoms with Crippen molar-refractivity contribution in [1.29, 1.82) is 0 Å². The fraction of sp³-hybridized carbons (Fsp3) is 0.600. The van der Waals surface area contributed by atoms with Gasteiger partial charge in [-0.25, -0.2) is 0 Å². The molecule has 0 aromatic carbocycles. The van der Waals surface area contributed by atoms with Gasteiger partial charge in [-0.1, -0.05) is 0 Å². The molecule has 0 radical (unpaired) electrons. The molecule has 22 heavy (non-hydrogen) atoms. The maximum Gasteiger partial charge on any atom is 2.00 e. The van der Waals surface area contributed by atoms with E-state index >= 15 is 0 Å². The van der Waals surface area contributed by atoms with Gasteiger partial charge < -0.3 is 39.6 Å². The third kappa shape index (κ3) is 16.5. The second kappa shape index (κ2) is 14.7. The van der Waals surface area contributed by atoms with Crippen molar-refractivity contribution in [2.45, 2.75) is 0 Å². The number of hydrogen-bond donors (Lipinski definition) is 0. The fourth-order valence-electron chi connectivity index (χ4n) is 1.44. The summed E-state index contributed by atoms with van der Waals surface area (Å²) in [6, 6.07) is 0. The van der Waals surface area contributed by atoms with Gasteiger partial charge in [-0.3, -0.25) is 9.80 Å². The first-order valence-corrected chi connectivity index (χ1v) is 5.44. The molecule has 0 unspecified atom stereocenters. The van der Waals surface area contributed by atoms with Gasteiger partial charge in [0.1, 0.15) is 0 Å². The van der Waals surface area contributed by atoms with Crippen LogP contribution in [-0.4, -0.2) is 72.9 Å². The fourth-order valence-corrected chi connectivity index (χ4v) is 1.44. The summed E-state index contributed by atoms with van der Waals surface area (Å²) < 4.78 is 0. The van der Waals surface area contributed by atoms with Crippen LogP contribution in [0.1, 0.15) is 0 Å². The topological polar surface area (TPSA) is 167 Å². The molecule has 0 atom stereocenters. The van der Waals surface area contributed by atoms with E-state index in [4.69, 9.17) is 0 Å². The van der Waals surface area contributed by atoms with Gasteiger partial charge in [-0.2, -0.15) is 0 Å². The molecule has 0 N–H and O–H groups in total. The molecule has 0 aromatic rings. The van der Waals surface area contributed by atoms with Gasteiger partial charge in [-0.05, 0) is 0 Å². The van der Waals surface area contributed by atoms with Gasteiger partial charge >= 0.3 is 71.8 Å². The summed E-state index contributed by atoms with van der Waals surface area (Å²) in [7, 11) is 0. The monoisotopic (exact) mass is 433 g/mol. The average molecular weight is 434 g/mol. The summed E-state index contributed by atoms with van der Waals surface area (Å²) in [6.45, 7) is -3.25. The number of carbonyl (C=O) groups is 4. The van der Waals surface area contributed by atoms with Crippen LogP contribution in [0.25, 0.3) is 0 Å². The second-order valence-electron chi connectivity index (χ2n) is 3.91. The van der Waals surface area contributed by atoms with E-state index in [0.717, 1.165) is 9.80 Å². The minimum atomic E-state index is -1.53. The van der Waals surface area contributed by atoms with Crippen LogP contribution in [0.3, 0.4) is 0 Å². The molecule has 0 spiro atoms. The van der Waals surface area contributed by atoms with Crippen LogP contribution < -0.4 is 71.8 Å². The summed E-state index contributed by atoms with van der Waals surface area (Å²) in [5, 5.41) is 41.6. The minimum Gasteiger partial charge on any atom is -0.549 e. The Morgan fingerprint density at radius 3 is 0.909 bits per heavy atom. The molecule has 0 heterocycles. The first-order chi connectivity index (χ1) is 9.20. The Labute approximate surface area is 182 Å². The summed E-state index contributed by atoms with van der Waals surface area (Å²) in [5.74, 6) is -6.12. The van der Waals surface area contributed by atoms with Gasteiger partial charge in [0, 0.05) is 39.3 Å². The molecule has 12 heteroatoms. The van der Waals surface area contributed by atoms with E-state index in [0.29, 0.717) is 0 Å². The second-order valence-corrected chi connectivity index (χ2v) is 3.91. The first kappa shape index (κ1) is 27.0. The zero-order valence-corrected chi connectivity index (χ0v) is 16.4. The van der Waals surface area contributed by atoms with Crippen molar-refractivity contribution in [3.63, 3.8) is 0 Å². The quantitative estimate of drug-likeness (QED) is 0.285. The molecular formula is C10H12KN2O8Pd-. The molecule has 10 nitrogen and oxygen atoms in total. The maximum absolute atomic E-state index is 10.4. The normalized spacial score (nSPS) is 9.73. The number of nitrogens with zero attached hydrogens (tertiary/aromatic N) is 2. The summed E-state index contributed by atoms with van der Waals surface area (Å²) in [4.78, 5) is 43.4. The van der Waals surface area contributed by atoms with Crippen molar-refractivity contribution in [3.8, 4) is 0 Å². The van der Waals surface area contributed by atoms with Crippen molar-refractivity contribution < 1.29 is 111 Å². The number of rotatable bonds is 11. The predicted molar refractivity (Wildman–Crippen MR) is 52.9 cm³/mol. The van der Waals surface area contributed by atoms with Crippen LogP contribution in [0.5, 0.6) is 0 Å². The van der Waals surface area contributed by atoms with E-state index in [-0.39, 0.29) is 84.9 Å². The molecule has 0 aliphatic heterocycles. The molecule has 0 amide bonds. The van der Waals surface area contributed by atoms with E-state index in [1.54, 1.807) is 0 Å². The molecule has 0 bridgehead atoms. The van der Waals surface area contributed by atoms with Crippen molar-refractivity contribution in [3.05, 3.63) is 0 Å². The standard InChI is InChI=1S/C10H16N2O8.K.Pd/c13-7(14)3-11(4-8(15)16)1-2-12(5-9(17)18)6-10(19)20;;/h1-6H2,(H,13,14)(H,15,16)(H,17,18)(H,19,20);;/q;+1;+2/p-4. The van der Waals surface area contributed by atoms with E-state index < -0.39 is 50.1 Å². The van der Waals surface area contributed by atoms with E-state index in [1.165, 1.54) is 0 Å². The van der Waals surface area contributed by atoms with Crippen LogP contribution in [0.4, 0.5) is 0 Å². The van der Waals surface area contributed by atoms with Crippen LogP contribution in [0.15, 0.2) is 0 Å². The molecular weight excluding hydrogens is 422 g/mol. The van der Waals surface area contributed by atoms with Crippen molar-refractivity contribution in [2.75, 3.05) is 39.3 Å². The average Bonchev–Trinajstić information content (AvgIpc) is 2.22. The Morgan fingerprint density at radius 2 is 0.773 bits per heavy atom. The largest absolute Gasteiger partial charge is 2.00 e. The van der Waals surface area contributed by atoms with Crippen LogP contribution >= 0.6 is 0 Å². The number of aliphatic carboxylic acids is 4. The summed E-state index contributed by atoms with van der Waals surface area (Å²) in [6.07, 6.45) is 0. The van der Waals surface area contributed by atoms with Crippen molar-refractivity contribution >= 4 is 23.9 Å². The molecule has 122 valence electrons. The Bertz CT molecular complexity index is 327. The van der Waals surface area contributed by atoms with Gasteiger partial charge in [0.2, 0.25) is 0 Å². The number of carboxylic acids is 4. The smallest absolute Gasteiger partial charge is 0.549 e. The Hall–Kier alpha value is 0.0987. The SMILES string of the molecule is O=C([O-])CN(CCN(CC(=O)[O-])CC(=O)[O-])CC(=O)[O-].[K+].[Pd+2]. The van der Waals surface area contributed by atoms with Crippen LogP contribution in [-0.2, 0) is 39.6 Å². The van der Waals surface area contributed by atoms with Gasteiger partial charge in [0.25, 0.3) is 0 Å². The number of carboxylic acid groups (broad SMARTS) is 4. The third-order valence-electron chi connectivity index (χ3n) is 2.14. The third-order valence-corrected chi connectivity index (χ3v) is 2.14.